The number of hydrogen-bond donors (Lipinski definition) is 1. The molecule has 1 heterocycles. The van der Waals surface area contributed by atoms with Gasteiger partial charge < -0.3 is 0 Å². The SMILES string of the molecule is CNN1CC=CC1.Cl. The normalized spacial score (nSPS) is 18.6. The number of nitrogens with one attached hydrogen (secondary N) is 1. The molecule has 0 aliphatic carbocycles. The minimum Gasteiger partial charge on any atom is -0.258 e. The van der Waals surface area contributed by atoms with E-state index in [1.165, 1.54) is 0 Å². The van der Waals surface area contributed by atoms with Crippen LogP contribution in [-0.2, 0) is 0 Å². The third kappa shape index (κ3) is 1.82. The maximum atomic E-state index is 3.03. The summed E-state index contributed by atoms with van der Waals surface area (Å²) in [4.78, 5) is 0. The van der Waals surface area contributed by atoms with E-state index in [0.29, 0.717) is 0 Å². The van der Waals surface area contributed by atoms with Crippen molar-refractivity contribution in [1.29, 1.82) is 0 Å². The molecule has 1 aliphatic heterocycles. The van der Waals surface area contributed by atoms with E-state index >= 15 is 0 Å². The second kappa shape index (κ2) is 3.89. The smallest absolute Gasteiger partial charge is 0.0315 e. The van der Waals surface area contributed by atoms with Crippen molar-refractivity contribution in [2.45, 2.75) is 0 Å². The molecule has 0 aromatic rings. The van der Waals surface area contributed by atoms with E-state index in [1.807, 2.05) is 7.05 Å². The molecule has 0 bridgehead atoms. The van der Waals surface area contributed by atoms with Gasteiger partial charge in [-0.05, 0) is 7.05 Å². The first-order valence-electron chi connectivity index (χ1n) is 2.51. The van der Waals surface area contributed by atoms with Gasteiger partial charge in [0.05, 0.1) is 0 Å². The van der Waals surface area contributed by atoms with Crippen LogP contribution in [0.25, 0.3) is 0 Å². The molecule has 0 spiro atoms. The molecule has 0 saturated carbocycles. The minimum absolute atomic E-state index is 0. The van der Waals surface area contributed by atoms with Crippen LogP contribution in [0.1, 0.15) is 0 Å². The molecule has 0 aromatic carbocycles. The summed E-state index contributed by atoms with van der Waals surface area (Å²) in [6.07, 6.45) is 4.30. The van der Waals surface area contributed by atoms with E-state index in [4.69, 9.17) is 0 Å². The highest BCUT2D eigenvalue weighted by Gasteiger charge is 1.99. The minimum atomic E-state index is 0. The van der Waals surface area contributed by atoms with Crippen molar-refractivity contribution in [3.8, 4) is 0 Å². The lowest BCUT2D eigenvalue weighted by Crippen LogP contribution is -2.31. The lowest BCUT2D eigenvalue weighted by Gasteiger charge is -2.10. The third-order valence-corrected chi connectivity index (χ3v) is 1.13. The van der Waals surface area contributed by atoms with E-state index in [9.17, 15) is 0 Å². The van der Waals surface area contributed by atoms with E-state index in [1.54, 1.807) is 0 Å². The Labute approximate surface area is 55.9 Å². The molecule has 0 radical (unpaired) electrons. The number of rotatable bonds is 1. The zero-order valence-corrected chi connectivity index (χ0v) is 5.74. The lowest BCUT2D eigenvalue weighted by atomic mass is 10.6. The average molecular weight is 135 g/mol. The van der Waals surface area contributed by atoms with Crippen molar-refractivity contribution in [1.82, 2.24) is 10.4 Å². The van der Waals surface area contributed by atoms with Crippen LogP contribution in [0.5, 0.6) is 0 Å². The van der Waals surface area contributed by atoms with Crippen LogP contribution in [-0.4, -0.2) is 25.1 Å². The van der Waals surface area contributed by atoms with Gasteiger partial charge in [0.1, 0.15) is 0 Å². The van der Waals surface area contributed by atoms with Crippen molar-refractivity contribution >= 4 is 12.4 Å². The van der Waals surface area contributed by atoms with Crippen LogP contribution in [0.4, 0.5) is 0 Å². The third-order valence-electron chi connectivity index (χ3n) is 1.13. The van der Waals surface area contributed by atoms with Gasteiger partial charge in [-0.3, -0.25) is 5.43 Å². The van der Waals surface area contributed by atoms with E-state index in [0.717, 1.165) is 13.1 Å². The molecule has 3 heteroatoms. The van der Waals surface area contributed by atoms with Crippen LogP contribution in [0, 0.1) is 0 Å². The van der Waals surface area contributed by atoms with Crippen LogP contribution >= 0.6 is 12.4 Å². The summed E-state index contributed by atoms with van der Waals surface area (Å²) >= 11 is 0. The summed E-state index contributed by atoms with van der Waals surface area (Å²) in [6.45, 7) is 2.10. The van der Waals surface area contributed by atoms with Gasteiger partial charge in [-0.25, -0.2) is 5.01 Å². The topological polar surface area (TPSA) is 15.3 Å². The average Bonchev–Trinajstić information content (AvgIpc) is 2.14. The monoisotopic (exact) mass is 134 g/mol. The van der Waals surface area contributed by atoms with E-state index < -0.39 is 0 Å². The van der Waals surface area contributed by atoms with Crippen LogP contribution in [0.2, 0.25) is 0 Å². The summed E-state index contributed by atoms with van der Waals surface area (Å²) < 4.78 is 0. The molecule has 0 amide bonds. The predicted molar refractivity (Wildman–Crippen MR) is 37.0 cm³/mol. The van der Waals surface area contributed by atoms with Crippen LogP contribution in [0.3, 0.4) is 0 Å². The summed E-state index contributed by atoms with van der Waals surface area (Å²) in [6, 6.07) is 0. The number of nitrogens with zero attached hydrogens (tertiary/aromatic N) is 1. The summed E-state index contributed by atoms with van der Waals surface area (Å²) in [5.74, 6) is 0. The van der Waals surface area contributed by atoms with E-state index in [-0.39, 0.29) is 12.4 Å². The molecule has 48 valence electrons. The van der Waals surface area contributed by atoms with Gasteiger partial charge >= 0.3 is 0 Å². The maximum Gasteiger partial charge on any atom is 0.0315 e. The first-order chi connectivity index (χ1) is 3.43. The first-order valence-corrected chi connectivity index (χ1v) is 2.51. The molecule has 1 rings (SSSR count). The predicted octanol–water partition coefficient (Wildman–Crippen LogP) is 0.414. The number of hydrogen-bond acceptors (Lipinski definition) is 2. The highest BCUT2D eigenvalue weighted by atomic mass is 35.5. The molecular weight excluding hydrogens is 124 g/mol. The Morgan fingerprint density at radius 3 is 2.12 bits per heavy atom. The highest BCUT2D eigenvalue weighted by molar-refractivity contribution is 5.85. The molecule has 2 nitrogen and oxygen atoms in total. The van der Waals surface area contributed by atoms with E-state index in [2.05, 4.69) is 22.6 Å². The molecule has 0 saturated heterocycles. The Hall–Kier alpha value is -0.0500. The van der Waals surface area contributed by atoms with Gasteiger partial charge in [-0.2, -0.15) is 0 Å². The second-order valence-electron chi connectivity index (χ2n) is 1.60. The Kier molecular flexibility index (Phi) is 3.87. The van der Waals surface area contributed by atoms with Crippen molar-refractivity contribution in [2.24, 2.45) is 0 Å². The van der Waals surface area contributed by atoms with Gasteiger partial charge in [-0.1, -0.05) is 12.2 Å². The zero-order chi connectivity index (χ0) is 5.11. The van der Waals surface area contributed by atoms with Crippen LogP contribution < -0.4 is 5.43 Å². The molecule has 0 atom stereocenters. The van der Waals surface area contributed by atoms with Crippen molar-refractivity contribution in [2.75, 3.05) is 20.1 Å². The van der Waals surface area contributed by atoms with Crippen LogP contribution in [0.15, 0.2) is 12.2 Å². The Bertz CT molecular complexity index is 74.5. The second-order valence-corrected chi connectivity index (χ2v) is 1.60. The van der Waals surface area contributed by atoms with Gasteiger partial charge in [0.25, 0.3) is 0 Å². The molecule has 0 aromatic heterocycles. The largest absolute Gasteiger partial charge is 0.258 e. The Morgan fingerprint density at radius 2 is 1.88 bits per heavy atom. The quantitative estimate of drug-likeness (QED) is 0.523. The number of hydrazine groups is 1. The van der Waals surface area contributed by atoms with Gasteiger partial charge in [-0.15, -0.1) is 12.4 Å². The number of halogens is 1. The molecule has 0 fully saturated rings. The Morgan fingerprint density at radius 1 is 1.38 bits per heavy atom. The summed E-state index contributed by atoms with van der Waals surface area (Å²) in [5.41, 5.74) is 3.03. The van der Waals surface area contributed by atoms with Gasteiger partial charge in [0.2, 0.25) is 0 Å². The lowest BCUT2D eigenvalue weighted by molar-refractivity contribution is 0.274. The maximum absolute atomic E-state index is 3.03. The molecule has 1 N–H and O–H groups in total. The van der Waals surface area contributed by atoms with Crippen molar-refractivity contribution in [3.05, 3.63) is 12.2 Å². The van der Waals surface area contributed by atoms with Crippen molar-refractivity contribution < 1.29 is 0 Å². The fourth-order valence-corrected chi connectivity index (χ4v) is 0.661. The molecular formula is C5H11ClN2. The fraction of sp³-hybridized carbons (Fsp3) is 0.600. The Balaban J connectivity index is 0.000000490. The van der Waals surface area contributed by atoms with Gasteiger partial charge in [0.15, 0.2) is 0 Å². The molecule has 1 aliphatic rings. The zero-order valence-electron chi connectivity index (χ0n) is 4.92. The fourth-order valence-electron chi connectivity index (χ4n) is 0.661. The van der Waals surface area contributed by atoms with Crippen molar-refractivity contribution in [3.63, 3.8) is 0 Å². The first kappa shape index (κ1) is 7.95. The summed E-state index contributed by atoms with van der Waals surface area (Å²) in [5, 5.41) is 2.12. The molecule has 0 unspecified atom stereocenters. The standard InChI is InChI=1S/C5H10N2.ClH/c1-6-7-4-2-3-5-7;/h2-3,6H,4-5H2,1H3;1H. The highest BCUT2D eigenvalue weighted by Crippen LogP contribution is 1.90. The summed E-state index contributed by atoms with van der Waals surface area (Å²) in [7, 11) is 1.94. The molecule has 8 heavy (non-hydrogen) atoms. The van der Waals surface area contributed by atoms with Gasteiger partial charge in [0, 0.05) is 13.1 Å².